The fraction of sp³-hybridized carbons (Fsp3) is 0.346. The van der Waals surface area contributed by atoms with Crippen LogP contribution in [0, 0.1) is 6.92 Å². The Hall–Kier alpha value is -3.57. The van der Waals surface area contributed by atoms with Crippen molar-refractivity contribution in [1.29, 1.82) is 0 Å². The lowest BCUT2D eigenvalue weighted by Crippen LogP contribution is -2.38. The monoisotopic (exact) mass is 547 g/mol. The van der Waals surface area contributed by atoms with Crippen molar-refractivity contribution < 1.29 is 23.1 Å². The number of aromatic amines is 1. The number of carbonyl (C=O) groups is 1. The average molecular weight is 548 g/mol. The summed E-state index contributed by atoms with van der Waals surface area (Å²) in [7, 11) is 0. The number of carboxylic acids is 1. The first-order chi connectivity index (χ1) is 18.0. The Labute approximate surface area is 220 Å². The Morgan fingerprint density at radius 3 is 2.45 bits per heavy atom. The molecule has 0 radical (unpaired) electrons. The zero-order valence-electron chi connectivity index (χ0n) is 20.4. The largest absolute Gasteiger partial charge is 0.480 e. The molecule has 0 bridgehead atoms. The van der Waals surface area contributed by atoms with E-state index in [9.17, 15) is 27.9 Å². The molecule has 1 saturated heterocycles. The standard InChI is InChI=1S/C26H25ClF3N5O3/c1-15-20(32-24(31-15)16-2-4-17(5-3-16)26(28,29)30)13-33-10-8-19(9-11-33)35-21-7-6-18(27)12-22(21)34(25(35)38)14-23(36)37/h2-7,12,19H,8-11,13-14H2,1H3,(H,31,32)(H,36,37). The van der Waals surface area contributed by atoms with Gasteiger partial charge in [0.1, 0.15) is 12.4 Å². The fourth-order valence-corrected chi connectivity index (χ4v) is 5.21. The van der Waals surface area contributed by atoms with E-state index in [-0.39, 0.29) is 11.7 Å². The smallest absolute Gasteiger partial charge is 0.416 e. The van der Waals surface area contributed by atoms with Crippen molar-refractivity contribution in [3.63, 3.8) is 0 Å². The van der Waals surface area contributed by atoms with Crippen molar-refractivity contribution >= 4 is 28.6 Å². The number of aryl methyl sites for hydroxylation is 1. The summed E-state index contributed by atoms with van der Waals surface area (Å²) in [6, 6.07) is 9.85. The van der Waals surface area contributed by atoms with Gasteiger partial charge in [-0.15, -0.1) is 0 Å². The van der Waals surface area contributed by atoms with E-state index in [1.165, 1.54) is 16.7 Å². The van der Waals surface area contributed by atoms with Crippen molar-refractivity contribution in [2.24, 2.45) is 0 Å². The SMILES string of the molecule is Cc1[nH]c(-c2ccc(C(F)(F)F)cc2)nc1CN1CCC(n2c(=O)n(CC(=O)O)c3cc(Cl)ccc32)CC1. The van der Waals surface area contributed by atoms with Gasteiger partial charge in [-0.25, -0.2) is 9.78 Å². The van der Waals surface area contributed by atoms with Crippen LogP contribution in [0.5, 0.6) is 0 Å². The highest BCUT2D eigenvalue weighted by Crippen LogP contribution is 2.31. The molecule has 2 aromatic heterocycles. The van der Waals surface area contributed by atoms with Crippen LogP contribution < -0.4 is 5.69 Å². The molecule has 3 heterocycles. The average Bonchev–Trinajstić information content (AvgIpc) is 3.35. The van der Waals surface area contributed by atoms with Crippen molar-refractivity contribution in [2.45, 2.75) is 45.1 Å². The second-order valence-corrected chi connectivity index (χ2v) is 9.94. The van der Waals surface area contributed by atoms with Crippen LogP contribution >= 0.6 is 11.6 Å². The predicted octanol–water partition coefficient (Wildman–Crippen LogP) is 5.10. The highest BCUT2D eigenvalue weighted by atomic mass is 35.5. The number of piperidine rings is 1. The number of hydrogen-bond donors (Lipinski definition) is 2. The fourth-order valence-electron chi connectivity index (χ4n) is 5.05. The summed E-state index contributed by atoms with van der Waals surface area (Å²) in [4.78, 5) is 34.6. The number of fused-ring (bicyclic) bond motifs is 1. The van der Waals surface area contributed by atoms with Gasteiger partial charge in [-0.3, -0.25) is 18.8 Å². The summed E-state index contributed by atoms with van der Waals surface area (Å²) in [5, 5.41) is 9.72. The van der Waals surface area contributed by atoms with Crippen LogP contribution in [-0.4, -0.2) is 48.2 Å². The number of rotatable bonds is 6. The zero-order valence-corrected chi connectivity index (χ0v) is 21.2. The molecule has 4 aromatic rings. The lowest BCUT2D eigenvalue weighted by atomic mass is 10.0. The number of aromatic nitrogens is 4. The summed E-state index contributed by atoms with van der Waals surface area (Å²) in [5.74, 6) is -0.594. The van der Waals surface area contributed by atoms with Gasteiger partial charge in [0.15, 0.2) is 0 Å². The van der Waals surface area contributed by atoms with Crippen LogP contribution in [0.3, 0.4) is 0 Å². The third kappa shape index (κ3) is 5.08. The van der Waals surface area contributed by atoms with E-state index in [2.05, 4.69) is 14.9 Å². The van der Waals surface area contributed by atoms with Gasteiger partial charge >= 0.3 is 17.8 Å². The summed E-state index contributed by atoms with van der Waals surface area (Å²) in [6.07, 6.45) is -3.02. The summed E-state index contributed by atoms with van der Waals surface area (Å²) in [6.45, 7) is 3.38. The summed E-state index contributed by atoms with van der Waals surface area (Å²) in [5.41, 5.74) is 2.30. The molecule has 200 valence electrons. The highest BCUT2D eigenvalue weighted by molar-refractivity contribution is 6.31. The molecule has 8 nitrogen and oxygen atoms in total. The van der Waals surface area contributed by atoms with Crippen LogP contribution in [0.4, 0.5) is 13.2 Å². The molecule has 0 saturated carbocycles. The second-order valence-electron chi connectivity index (χ2n) is 9.51. The number of carboxylic acid groups (broad SMARTS) is 1. The molecular formula is C26H25ClF3N5O3. The normalized spacial score (nSPS) is 15.4. The Morgan fingerprint density at radius 1 is 1.13 bits per heavy atom. The second kappa shape index (κ2) is 9.95. The summed E-state index contributed by atoms with van der Waals surface area (Å²) < 4.78 is 41.5. The minimum Gasteiger partial charge on any atom is -0.480 e. The number of aliphatic carboxylic acids is 1. The Balaban J connectivity index is 1.30. The van der Waals surface area contributed by atoms with E-state index < -0.39 is 24.3 Å². The maximum absolute atomic E-state index is 13.2. The number of benzene rings is 2. The number of halogens is 4. The first-order valence-electron chi connectivity index (χ1n) is 12.1. The Bertz CT molecular complexity index is 1550. The number of likely N-dealkylation sites (tertiary alicyclic amines) is 1. The highest BCUT2D eigenvalue weighted by Gasteiger charge is 2.30. The molecule has 2 aromatic carbocycles. The van der Waals surface area contributed by atoms with E-state index in [0.29, 0.717) is 59.9 Å². The molecule has 0 unspecified atom stereocenters. The minimum atomic E-state index is -4.39. The van der Waals surface area contributed by atoms with Gasteiger partial charge in [0.25, 0.3) is 0 Å². The van der Waals surface area contributed by atoms with Gasteiger partial charge in [-0.1, -0.05) is 23.7 Å². The molecule has 1 aliphatic heterocycles. The van der Waals surface area contributed by atoms with Gasteiger partial charge in [0.05, 0.1) is 22.3 Å². The number of nitrogens with zero attached hydrogens (tertiary/aromatic N) is 4. The van der Waals surface area contributed by atoms with Gasteiger partial charge in [0, 0.05) is 42.0 Å². The van der Waals surface area contributed by atoms with Crippen molar-refractivity contribution in [1.82, 2.24) is 24.0 Å². The van der Waals surface area contributed by atoms with Gasteiger partial charge in [-0.2, -0.15) is 13.2 Å². The van der Waals surface area contributed by atoms with Gasteiger partial charge in [0.2, 0.25) is 0 Å². The molecule has 0 atom stereocenters. The third-order valence-corrected chi connectivity index (χ3v) is 7.22. The minimum absolute atomic E-state index is 0.0968. The van der Waals surface area contributed by atoms with Gasteiger partial charge < -0.3 is 10.1 Å². The number of alkyl halides is 3. The Kier molecular flexibility index (Phi) is 6.83. The first kappa shape index (κ1) is 26.1. The van der Waals surface area contributed by atoms with E-state index >= 15 is 0 Å². The molecule has 0 amide bonds. The van der Waals surface area contributed by atoms with Crippen molar-refractivity contribution in [3.05, 3.63) is 74.9 Å². The number of hydrogen-bond acceptors (Lipinski definition) is 4. The maximum Gasteiger partial charge on any atom is 0.416 e. The maximum atomic E-state index is 13.2. The van der Waals surface area contributed by atoms with Crippen LogP contribution in [0.25, 0.3) is 22.4 Å². The summed E-state index contributed by atoms with van der Waals surface area (Å²) >= 11 is 6.12. The molecular weight excluding hydrogens is 523 g/mol. The third-order valence-electron chi connectivity index (χ3n) is 6.98. The molecule has 38 heavy (non-hydrogen) atoms. The quantitative estimate of drug-likeness (QED) is 0.350. The van der Waals surface area contributed by atoms with Crippen molar-refractivity contribution in [3.8, 4) is 11.4 Å². The molecule has 0 aliphatic carbocycles. The van der Waals surface area contributed by atoms with Crippen LogP contribution in [-0.2, 0) is 24.1 Å². The van der Waals surface area contributed by atoms with Gasteiger partial charge in [-0.05, 0) is 50.1 Å². The van der Waals surface area contributed by atoms with E-state index in [0.717, 1.165) is 23.5 Å². The number of imidazole rings is 2. The zero-order chi connectivity index (χ0) is 27.2. The lowest BCUT2D eigenvalue weighted by Gasteiger charge is -2.32. The predicted molar refractivity (Wildman–Crippen MR) is 136 cm³/mol. The Morgan fingerprint density at radius 2 is 1.82 bits per heavy atom. The molecule has 2 N–H and O–H groups in total. The first-order valence-corrected chi connectivity index (χ1v) is 12.5. The molecule has 12 heteroatoms. The van der Waals surface area contributed by atoms with E-state index in [1.54, 1.807) is 22.8 Å². The number of H-pyrrole nitrogens is 1. The van der Waals surface area contributed by atoms with Crippen LogP contribution in [0.1, 0.15) is 35.8 Å². The lowest BCUT2D eigenvalue weighted by molar-refractivity contribution is -0.138. The van der Waals surface area contributed by atoms with E-state index in [4.69, 9.17) is 11.6 Å². The van der Waals surface area contributed by atoms with E-state index in [1.807, 2.05) is 6.92 Å². The van der Waals surface area contributed by atoms with Crippen LogP contribution in [0.2, 0.25) is 5.02 Å². The van der Waals surface area contributed by atoms with Crippen LogP contribution in [0.15, 0.2) is 47.3 Å². The topological polar surface area (TPSA) is 96.2 Å². The molecule has 1 fully saturated rings. The number of nitrogens with one attached hydrogen (secondary N) is 1. The molecule has 1 aliphatic rings. The molecule has 0 spiro atoms. The van der Waals surface area contributed by atoms with Crippen molar-refractivity contribution in [2.75, 3.05) is 13.1 Å². The molecule has 5 rings (SSSR count).